The Morgan fingerprint density at radius 3 is 2.92 bits per heavy atom. The predicted molar refractivity (Wildman–Crippen MR) is 99.2 cm³/mol. The third-order valence-corrected chi connectivity index (χ3v) is 6.34. The van der Waals surface area contributed by atoms with Crippen LogP contribution in [0.3, 0.4) is 0 Å². The van der Waals surface area contributed by atoms with Gasteiger partial charge in [-0.1, -0.05) is 37.3 Å². The molecule has 26 heavy (non-hydrogen) atoms. The summed E-state index contributed by atoms with van der Waals surface area (Å²) in [7, 11) is 0. The number of piperidine rings is 1. The number of nitrogens with one attached hydrogen (secondary N) is 1. The van der Waals surface area contributed by atoms with E-state index in [0.717, 1.165) is 30.8 Å². The molecule has 1 unspecified atom stereocenters. The molecule has 1 aromatic carbocycles. The van der Waals surface area contributed by atoms with E-state index in [1.807, 2.05) is 19.1 Å². The van der Waals surface area contributed by atoms with Crippen molar-refractivity contribution in [2.75, 3.05) is 13.1 Å². The number of aromatic hydroxyl groups is 1. The maximum Gasteiger partial charge on any atom is 0.235 e. The maximum atomic E-state index is 14.7. The highest BCUT2D eigenvalue weighted by atomic mass is 32.1. The zero-order valence-electron chi connectivity index (χ0n) is 15.1. The number of quaternary nitrogens is 1. The molecule has 1 saturated heterocycles. The highest BCUT2D eigenvalue weighted by molar-refractivity contribution is 7.17. The lowest BCUT2D eigenvalue weighted by atomic mass is 9.95. The largest absolute Gasteiger partial charge is 0.492 e. The molecule has 4 rings (SSSR count). The topological polar surface area (TPSA) is 54.9 Å². The number of thiazole rings is 1. The molecule has 3 aromatic rings. The lowest BCUT2D eigenvalue weighted by Crippen LogP contribution is -3.13. The van der Waals surface area contributed by atoms with Crippen LogP contribution in [0.1, 0.15) is 49.0 Å². The Bertz CT molecular complexity index is 922. The van der Waals surface area contributed by atoms with Crippen LogP contribution in [-0.4, -0.2) is 32.8 Å². The first-order chi connectivity index (χ1) is 12.6. The molecule has 138 valence electrons. The van der Waals surface area contributed by atoms with E-state index in [-0.39, 0.29) is 17.7 Å². The van der Waals surface area contributed by atoms with Crippen LogP contribution in [0.25, 0.3) is 4.96 Å². The molecule has 3 atom stereocenters. The van der Waals surface area contributed by atoms with Gasteiger partial charge in [0.15, 0.2) is 11.9 Å². The lowest BCUT2D eigenvalue weighted by Gasteiger charge is -2.34. The zero-order chi connectivity index (χ0) is 18.3. The number of hydrogen-bond acceptors (Lipinski definition) is 4. The molecule has 0 radical (unpaired) electrons. The van der Waals surface area contributed by atoms with Crippen molar-refractivity contribution in [3.8, 4) is 5.88 Å². The van der Waals surface area contributed by atoms with Crippen LogP contribution >= 0.6 is 11.3 Å². The number of rotatable bonds is 4. The minimum Gasteiger partial charge on any atom is -0.492 e. The van der Waals surface area contributed by atoms with Crippen LogP contribution < -0.4 is 4.90 Å². The van der Waals surface area contributed by atoms with Crippen LogP contribution in [0.2, 0.25) is 0 Å². The van der Waals surface area contributed by atoms with Crippen molar-refractivity contribution in [2.24, 2.45) is 5.92 Å². The van der Waals surface area contributed by atoms with E-state index in [2.05, 4.69) is 17.0 Å². The number of hydrogen-bond donors (Lipinski definition) is 2. The average molecular weight is 375 g/mol. The molecule has 0 bridgehead atoms. The number of aryl methyl sites for hydroxylation is 1. The molecular weight excluding hydrogens is 351 g/mol. The van der Waals surface area contributed by atoms with Crippen molar-refractivity contribution in [3.05, 3.63) is 46.3 Å². The predicted octanol–water partition coefficient (Wildman–Crippen LogP) is 2.60. The molecule has 1 aliphatic heterocycles. The van der Waals surface area contributed by atoms with Gasteiger partial charge in [0, 0.05) is 12.3 Å². The van der Waals surface area contributed by atoms with E-state index in [0.29, 0.717) is 22.3 Å². The SMILES string of the molecule is CCc1nc2sc([C@@H](c3ccccc3F)[NH+]3CCC[C@H](C)C3)c(O)n2n1. The Kier molecular flexibility index (Phi) is 4.67. The fourth-order valence-electron chi connectivity index (χ4n) is 3.98. The Hall–Kier alpha value is -1.99. The summed E-state index contributed by atoms with van der Waals surface area (Å²) in [4.78, 5) is 7.19. The summed E-state index contributed by atoms with van der Waals surface area (Å²) in [6.07, 6.45) is 3.03. The molecule has 1 fully saturated rings. The fourth-order valence-corrected chi connectivity index (χ4v) is 5.13. The van der Waals surface area contributed by atoms with Crippen LogP contribution in [0.5, 0.6) is 5.88 Å². The molecule has 0 amide bonds. The van der Waals surface area contributed by atoms with Gasteiger partial charge in [-0.2, -0.15) is 4.52 Å². The monoisotopic (exact) mass is 375 g/mol. The van der Waals surface area contributed by atoms with E-state index in [4.69, 9.17) is 0 Å². The fraction of sp³-hybridized carbons (Fsp3) is 0.474. The van der Waals surface area contributed by atoms with Crippen LogP contribution in [0, 0.1) is 11.7 Å². The van der Waals surface area contributed by atoms with Crippen molar-refractivity contribution in [1.29, 1.82) is 0 Å². The molecule has 2 N–H and O–H groups in total. The third kappa shape index (κ3) is 2.99. The average Bonchev–Trinajstić information content (AvgIpc) is 3.17. The lowest BCUT2D eigenvalue weighted by molar-refractivity contribution is -0.933. The maximum absolute atomic E-state index is 14.7. The summed E-state index contributed by atoms with van der Waals surface area (Å²) in [5.74, 6) is 1.16. The summed E-state index contributed by atoms with van der Waals surface area (Å²) in [6.45, 7) is 6.16. The van der Waals surface area contributed by atoms with Gasteiger partial charge in [-0.3, -0.25) is 0 Å². The van der Waals surface area contributed by atoms with Gasteiger partial charge < -0.3 is 10.0 Å². The van der Waals surface area contributed by atoms with Gasteiger partial charge in [0.25, 0.3) is 0 Å². The summed E-state index contributed by atoms with van der Waals surface area (Å²) < 4.78 is 16.2. The van der Waals surface area contributed by atoms with Crippen molar-refractivity contribution < 1.29 is 14.4 Å². The normalized spacial score (nSPS) is 22.0. The van der Waals surface area contributed by atoms with Crippen molar-refractivity contribution in [2.45, 2.75) is 39.2 Å². The standard InChI is InChI=1S/C19H23FN4OS/c1-3-15-21-19-24(22-15)18(25)17(26-19)16(13-8-4-5-9-14(13)20)23-10-6-7-12(2)11-23/h4-5,8-9,12,16,25H,3,6-7,10-11H2,1-2H3/p+1/t12-,16+/m0/s1. The summed E-state index contributed by atoms with van der Waals surface area (Å²) in [6, 6.07) is 6.66. The second-order valence-electron chi connectivity index (χ2n) is 7.18. The summed E-state index contributed by atoms with van der Waals surface area (Å²) >= 11 is 1.42. The summed E-state index contributed by atoms with van der Waals surface area (Å²) in [5, 5.41) is 15.2. The first kappa shape index (κ1) is 17.4. The number of halogens is 1. The minimum absolute atomic E-state index is 0.0937. The molecular formula is C19H24FN4OS+. The van der Waals surface area contributed by atoms with Crippen LogP contribution in [0.15, 0.2) is 24.3 Å². The number of likely N-dealkylation sites (tertiary alicyclic amines) is 1. The van der Waals surface area contributed by atoms with E-state index in [1.54, 1.807) is 6.07 Å². The van der Waals surface area contributed by atoms with E-state index in [1.165, 1.54) is 33.2 Å². The van der Waals surface area contributed by atoms with Crippen molar-refractivity contribution in [1.82, 2.24) is 14.6 Å². The molecule has 5 nitrogen and oxygen atoms in total. The number of fused-ring (bicyclic) bond motifs is 1. The number of benzene rings is 1. The molecule has 3 heterocycles. The molecule has 0 aliphatic carbocycles. The first-order valence-corrected chi connectivity index (χ1v) is 10.1. The second-order valence-corrected chi connectivity index (χ2v) is 8.19. The van der Waals surface area contributed by atoms with Gasteiger partial charge >= 0.3 is 0 Å². The summed E-state index contributed by atoms with van der Waals surface area (Å²) in [5.41, 5.74) is 0.632. The highest BCUT2D eigenvalue weighted by Gasteiger charge is 2.36. The molecule has 2 aromatic heterocycles. The number of aromatic nitrogens is 3. The van der Waals surface area contributed by atoms with Crippen molar-refractivity contribution >= 4 is 16.3 Å². The van der Waals surface area contributed by atoms with Gasteiger partial charge in [0.2, 0.25) is 10.8 Å². The smallest absolute Gasteiger partial charge is 0.235 e. The van der Waals surface area contributed by atoms with E-state index >= 15 is 0 Å². The van der Waals surface area contributed by atoms with Crippen LogP contribution in [-0.2, 0) is 6.42 Å². The van der Waals surface area contributed by atoms with Gasteiger partial charge in [-0.25, -0.2) is 9.37 Å². The Labute approximate surface area is 156 Å². The van der Waals surface area contributed by atoms with Gasteiger partial charge in [0.05, 0.1) is 18.7 Å². The van der Waals surface area contributed by atoms with Crippen molar-refractivity contribution in [3.63, 3.8) is 0 Å². The second kappa shape index (κ2) is 6.96. The van der Waals surface area contributed by atoms with Gasteiger partial charge in [-0.15, -0.1) is 5.10 Å². The Morgan fingerprint density at radius 2 is 2.23 bits per heavy atom. The van der Waals surface area contributed by atoms with Crippen LogP contribution in [0.4, 0.5) is 4.39 Å². The minimum atomic E-state index is -0.238. The van der Waals surface area contributed by atoms with E-state index < -0.39 is 0 Å². The highest BCUT2D eigenvalue weighted by Crippen LogP contribution is 2.36. The number of nitrogens with zero attached hydrogens (tertiary/aromatic N) is 3. The molecule has 1 aliphatic rings. The Balaban J connectivity index is 1.84. The molecule has 7 heteroatoms. The zero-order valence-corrected chi connectivity index (χ0v) is 15.9. The van der Waals surface area contributed by atoms with E-state index in [9.17, 15) is 9.50 Å². The van der Waals surface area contributed by atoms with Gasteiger partial charge in [0.1, 0.15) is 10.7 Å². The third-order valence-electron chi connectivity index (χ3n) is 5.25. The van der Waals surface area contributed by atoms with Gasteiger partial charge in [-0.05, 0) is 25.0 Å². The Morgan fingerprint density at radius 1 is 1.42 bits per heavy atom. The molecule has 0 spiro atoms. The first-order valence-electron chi connectivity index (χ1n) is 9.24. The molecule has 0 saturated carbocycles. The quantitative estimate of drug-likeness (QED) is 0.737.